The van der Waals surface area contributed by atoms with Gasteiger partial charge in [-0.3, -0.25) is 14.5 Å². The highest BCUT2D eigenvalue weighted by atomic mass is 16.4. The molecule has 1 heterocycles. The molecule has 0 aromatic heterocycles. The van der Waals surface area contributed by atoms with Crippen LogP contribution < -0.4 is 5.73 Å². The highest BCUT2D eigenvalue weighted by molar-refractivity contribution is 5.82. The van der Waals surface area contributed by atoms with E-state index in [1.165, 1.54) is 0 Å². The number of amides is 1. The number of rotatable bonds is 5. The lowest BCUT2D eigenvalue weighted by Gasteiger charge is -2.38. The molecule has 1 fully saturated rings. The Morgan fingerprint density at radius 2 is 1.78 bits per heavy atom. The van der Waals surface area contributed by atoms with E-state index < -0.39 is 11.4 Å². The maximum Gasteiger partial charge on any atom is 0.317 e. The van der Waals surface area contributed by atoms with Crippen LogP contribution in [-0.4, -0.2) is 66.1 Å². The lowest BCUT2D eigenvalue weighted by Crippen LogP contribution is -2.53. The highest BCUT2D eigenvalue weighted by Crippen LogP contribution is 2.23. The number of nitrogens with zero attached hydrogens (tertiary/aromatic N) is 2. The molecule has 0 aromatic rings. The van der Waals surface area contributed by atoms with Crippen LogP contribution in [0.5, 0.6) is 0 Å². The molecule has 0 spiro atoms. The third kappa shape index (κ3) is 3.96. The predicted octanol–water partition coefficient (Wildman–Crippen LogP) is -0.410. The van der Waals surface area contributed by atoms with Crippen molar-refractivity contribution in [3.8, 4) is 0 Å². The lowest BCUT2D eigenvalue weighted by atomic mass is 9.87. The molecule has 0 radical (unpaired) electrons. The zero-order valence-electron chi connectivity index (χ0n) is 11.2. The van der Waals surface area contributed by atoms with Gasteiger partial charge in [0.25, 0.3) is 0 Å². The molecule has 3 N–H and O–H groups in total. The quantitative estimate of drug-likeness (QED) is 0.699. The summed E-state index contributed by atoms with van der Waals surface area (Å²) in [5.41, 5.74) is 5.09. The Morgan fingerprint density at radius 3 is 2.22 bits per heavy atom. The number of carbonyl (C=O) groups excluding carboxylic acids is 1. The van der Waals surface area contributed by atoms with Crippen molar-refractivity contribution in [2.75, 3.05) is 39.3 Å². The first-order chi connectivity index (χ1) is 8.36. The fraction of sp³-hybridized carbons (Fsp3) is 0.833. The van der Waals surface area contributed by atoms with Gasteiger partial charge in [-0.1, -0.05) is 13.8 Å². The van der Waals surface area contributed by atoms with Crippen molar-refractivity contribution in [1.82, 2.24) is 9.80 Å². The summed E-state index contributed by atoms with van der Waals surface area (Å²) < 4.78 is 0. The first-order valence-corrected chi connectivity index (χ1v) is 6.30. The third-order valence-corrected chi connectivity index (χ3v) is 3.37. The van der Waals surface area contributed by atoms with Gasteiger partial charge in [-0.25, -0.2) is 0 Å². The van der Waals surface area contributed by atoms with Crippen molar-refractivity contribution < 1.29 is 14.7 Å². The maximum atomic E-state index is 12.3. The minimum Gasteiger partial charge on any atom is -0.480 e. The van der Waals surface area contributed by atoms with E-state index in [9.17, 15) is 9.59 Å². The van der Waals surface area contributed by atoms with Gasteiger partial charge in [0.05, 0.1) is 6.54 Å². The van der Waals surface area contributed by atoms with E-state index >= 15 is 0 Å². The zero-order chi connectivity index (χ0) is 13.8. The second-order valence-electron chi connectivity index (χ2n) is 5.38. The van der Waals surface area contributed by atoms with Gasteiger partial charge in [-0.2, -0.15) is 0 Å². The second kappa shape index (κ2) is 6.15. The number of aliphatic carboxylic acids is 1. The molecule has 1 saturated heterocycles. The average Bonchev–Trinajstić information content (AvgIpc) is 2.28. The molecule has 0 unspecified atom stereocenters. The van der Waals surface area contributed by atoms with Gasteiger partial charge < -0.3 is 15.7 Å². The molecule has 1 amide bonds. The first-order valence-electron chi connectivity index (χ1n) is 6.30. The summed E-state index contributed by atoms with van der Waals surface area (Å²) in [6.07, 6.45) is 0.668. The van der Waals surface area contributed by atoms with Crippen LogP contribution >= 0.6 is 0 Å². The van der Waals surface area contributed by atoms with Gasteiger partial charge in [0.1, 0.15) is 0 Å². The average molecular weight is 257 g/mol. The Kier molecular flexibility index (Phi) is 5.10. The summed E-state index contributed by atoms with van der Waals surface area (Å²) in [5, 5.41) is 8.70. The molecular formula is C12H23N3O3. The Hall–Kier alpha value is -1.14. The predicted molar refractivity (Wildman–Crippen MR) is 68.1 cm³/mol. The van der Waals surface area contributed by atoms with Crippen LogP contribution in [0, 0.1) is 5.41 Å². The summed E-state index contributed by atoms with van der Waals surface area (Å²) in [7, 11) is 0. The molecule has 0 atom stereocenters. The summed E-state index contributed by atoms with van der Waals surface area (Å²) in [4.78, 5) is 26.5. The molecule has 0 bridgehead atoms. The van der Waals surface area contributed by atoms with E-state index in [1.807, 2.05) is 23.6 Å². The van der Waals surface area contributed by atoms with Crippen LogP contribution in [0.3, 0.4) is 0 Å². The summed E-state index contributed by atoms with van der Waals surface area (Å²) >= 11 is 0. The van der Waals surface area contributed by atoms with Crippen molar-refractivity contribution in [3.63, 3.8) is 0 Å². The van der Waals surface area contributed by atoms with Crippen LogP contribution in [0.25, 0.3) is 0 Å². The van der Waals surface area contributed by atoms with E-state index in [-0.39, 0.29) is 12.5 Å². The summed E-state index contributed by atoms with van der Waals surface area (Å²) in [6, 6.07) is 0. The smallest absolute Gasteiger partial charge is 0.317 e. The van der Waals surface area contributed by atoms with Crippen molar-refractivity contribution in [2.45, 2.75) is 20.3 Å². The first kappa shape index (κ1) is 14.9. The van der Waals surface area contributed by atoms with Crippen molar-refractivity contribution in [1.29, 1.82) is 0 Å². The number of piperazine rings is 1. The SMILES string of the molecule is CC(C)(CCN)C(=O)N1CCN(CC(=O)O)CC1. The van der Waals surface area contributed by atoms with E-state index in [2.05, 4.69) is 0 Å². The van der Waals surface area contributed by atoms with E-state index in [0.717, 1.165) is 0 Å². The monoisotopic (exact) mass is 257 g/mol. The molecule has 1 aliphatic rings. The number of carboxylic acids is 1. The molecule has 0 aromatic carbocycles. The molecule has 18 heavy (non-hydrogen) atoms. The molecule has 0 aliphatic carbocycles. The topological polar surface area (TPSA) is 86.9 Å². The Labute approximate surface area is 108 Å². The van der Waals surface area contributed by atoms with Crippen molar-refractivity contribution in [2.24, 2.45) is 11.1 Å². The van der Waals surface area contributed by atoms with Gasteiger partial charge in [0.2, 0.25) is 5.91 Å². The number of nitrogens with two attached hydrogens (primary N) is 1. The number of carboxylic acid groups (broad SMARTS) is 1. The van der Waals surface area contributed by atoms with Crippen molar-refractivity contribution >= 4 is 11.9 Å². The van der Waals surface area contributed by atoms with Crippen LogP contribution in [0.4, 0.5) is 0 Å². The van der Waals surface area contributed by atoms with Gasteiger partial charge in [-0.15, -0.1) is 0 Å². The van der Waals surface area contributed by atoms with E-state index in [4.69, 9.17) is 10.8 Å². The standard InChI is InChI=1S/C12H23N3O3/c1-12(2,3-4-13)11(18)15-7-5-14(6-8-15)9-10(16)17/h3-9,13H2,1-2H3,(H,16,17). The zero-order valence-corrected chi connectivity index (χ0v) is 11.2. The van der Waals surface area contributed by atoms with Gasteiger partial charge in [0.15, 0.2) is 0 Å². The van der Waals surface area contributed by atoms with Gasteiger partial charge in [-0.05, 0) is 13.0 Å². The van der Waals surface area contributed by atoms with E-state index in [0.29, 0.717) is 39.1 Å². The summed E-state index contributed by atoms with van der Waals surface area (Å²) in [6.45, 7) is 6.80. The van der Waals surface area contributed by atoms with Crippen molar-refractivity contribution in [3.05, 3.63) is 0 Å². The lowest BCUT2D eigenvalue weighted by molar-refractivity contribution is -0.143. The molecule has 1 aliphatic heterocycles. The van der Waals surface area contributed by atoms with Gasteiger partial charge >= 0.3 is 5.97 Å². The molecule has 104 valence electrons. The normalized spacial score (nSPS) is 17.8. The Bertz CT molecular complexity index is 310. The highest BCUT2D eigenvalue weighted by Gasteiger charge is 2.33. The van der Waals surface area contributed by atoms with Gasteiger partial charge in [0, 0.05) is 31.6 Å². The molecular weight excluding hydrogens is 234 g/mol. The van der Waals surface area contributed by atoms with Crippen LogP contribution in [-0.2, 0) is 9.59 Å². The van der Waals surface area contributed by atoms with Crippen LogP contribution in [0.15, 0.2) is 0 Å². The van der Waals surface area contributed by atoms with E-state index in [1.54, 1.807) is 0 Å². The minimum atomic E-state index is -0.821. The Balaban J connectivity index is 2.47. The Morgan fingerprint density at radius 1 is 1.22 bits per heavy atom. The van der Waals surface area contributed by atoms with Crippen LogP contribution in [0.2, 0.25) is 0 Å². The summed E-state index contributed by atoms with van der Waals surface area (Å²) in [5.74, 6) is -0.707. The molecule has 0 saturated carbocycles. The number of hydrogen-bond donors (Lipinski definition) is 2. The number of hydrogen-bond acceptors (Lipinski definition) is 4. The number of carbonyl (C=O) groups is 2. The van der Waals surface area contributed by atoms with Crippen LogP contribution in [0.1, 0.15) is 20.3 Å². The molecule has 6 nitrogen and oxygen atoms in total. The minimum absolute atomic E-state index is 0.0498. The fourth-order valence-electron chi connectivity index (χ4n) is 2.20. The third-order valence-electron chi connectivity index (χ3n) is 3.37. The fourth-order valence-corrected chi connectivity index (χ4v) is 2.20. The maximum absolute atomic E-state index is 12.3. The molecule has 1 rings (SSSR count). The largest absolute Gasteiger partial charge is 0.480 e. The molecule has 6 heteroatoms. The second-order valence-corrected chi connectivity index (χ2v) is 5.38.